The van der Waals surface area contributed by atoms with Gasteiger partial charge in [-0.3, -0.25) is 4.98 Å². The maximum absolute atomic E-state index is 5.03. The molecule has 1 aromatic heterocycles. The Bertz CT molecular complexity index is 563. The van der Waals surface area contributed by atoms with E-state index in [1.807, 2.05) is 12.1 Å². The highest BCUT2D eigenvalue weighted by Gasteiger charge is 2.03. The van der Waals surface area contributed by atoms with Crippen LogP contribution in [0, 0.1) is 4.77 Å². The number of hydrogen-bond donors (Lipinski definition) is 1. The van der Waals surface area contributed by atoms with Crippen LogP contribution < -0.4 is 4.74 Å². The fraction of sp³-hybridized carbons (Fsp3) is 0.250. The minimum Gasteiger partial charge on any atom is -0.468 e. The Labute approximate surface area is 105 Å². The van der Waals surface area contributed by atoms with Crippen LogP contribution in [0.4, 0.5) is 0 Å². The van der Waals surface area contributed by atoms with Gasteiger partial charge in [-0.1, -0.05) is 31.2 Å². The lowest BCUT2D eigenvalue weighted by Gasteiger charge is -2.04. The Morgan fingerprint density at radius 1 is 1.24 bits per heavy atom. The Balaban J connectivity index is 2.44. The van der Waals surface area contributed by atoms with E-state index in [0.29, 0.717) is 11.8 Å². The van der Waals surface area contributed by atoms with Crippen LogP contribution in [-0.2, 0) is 6.42 Å². The number of H-pyrrole nitrogens is 1. The predicted octanol–water partition coefficient (Wildman–Crippen LogP) is 2.77. The van der Waals surface area contributed by atoms with E-state index < -0.39 is 0 Å². The van der Waals surface area contributed by atoms with E-state index in [2.05, 4.69) is 34.0 Å². The van der Waals surface area contributed by atoms with Crippen molar-refractivity contribution in [3.8, 4) is 17.4 Å². The van der Waals surface area contributed by atoms with Crippen molar-refractivity contribution in [2.24, 2.45) is 0 Å². The fourth-order valence-corrected chi connectivity index (χ4v) is 1.67. The highest BCUT2D eigenvalue weighted by Crippen LogP contribution is 2.17. The Kier molecular flexibility index (Phi) is 3.49. The summed E-state index contributed by atoms with van der Waals surface area (Å²) in [6.07, 6.45) is 1.02. The quantitative estimate of drug-likeness (QED) is 0.847. The zero-order valence-corrected chi connectivity index (χ0v) is 10.5. The van der Waals surface area contributed by atoms with Crippen LogP contribution in [0.15, 0.2) is 24.3 Å². The Hall–Kier alpha value is -1.75. The first-order chi connectivity index (χ1) is 8.22. The third kappa shape index (κ3) is 2.68. The van der Waals surface area contributed by atoms with Gasteiger partial charge in [-0.05, 0) is 24.2 Å². The van der Waals surface area contributed by atoms with Crippen LogP contribution in [0.25, 0.3) is 11.4 Å². The van der Waals surface area contributed by atoms with Crippen molar-refractivity contribution in [3.63, 3.8) is 0 Å². The van der Waals surface area contributed by atoms with Crippen molar-refractivity contribution >= 4 is 12.2 Å². The molecule has 0 spiro atoms. The minimum atomic E-state index is 0.273. The summed E-state index contributed by atoms with van der Waals surface area (Å²) in [5.41, 5.74) is 2.25. The molecule has 0 amide bonds. The number of methoxy groups -OCH3 is 1. The van der Waals surface area contributed by atoms with Crippen LogP contribution >= 0.6 is 12.2 Å². The SMILES string of the molecule is CCc1ccc(-c2nc(=S)nc(OC)[nH]2)cc1. The van der Waals surface area contributed by atoms with E-state index >= 15 is 0 Å². The van der Waals surface area contributed by atoms with Gasteiger partial charge in [0.2, 0.25) is 4.77 Å². The van der Waals surface area contributed by atoms with E-state index in [4.69, 9.17) is 17.0 Å². The van der Waals surface area contributed by atoms with E-state index in [0.717, 1.165) is 12.0 Å². The number of ether oxygens (including phenoxy) is 1. The zero-order chi connectivity index (χ0) is 12.3. The molecule has 0 radical (unpaired) electrons. The lowest BCUT2D eigenvalue weighted by atomic mass is 10.1. The van der Waals surface area contributed by atoms with E-state index in [1.54, 1.807) is 0 Å². The molecule has 0 bridgehead atoms. The van der Waals surface area contributed by atoms with Gasteiger partial charge in [-0.2, -0.15) is 4.98 Å². The molecule has 1 aromatic carbocycles. The molecule has 0 atom stereocenters. The van der Waals surface area contributed by atoms with E-state index in [9.17, 15) is 0 Å². The zero-order valence-electron chi connectivity index (χ0n) is 9.73. The Morgan fingerprint density at radius 3 is 2.53 bits per heavy atom. The third-order valence-electron chi connectivity index (χ3n) is 2.46. The second-order valence-corrected chi connectivity index (χ2v) is 3.90. The average Bonchev–Trinajstić information content (AvgIpc) is 2.38. The molecule has 1 heterocycles. The number of rotatable bonds is 3. The maximum Gasteiger partial charge on any atom is 0.297 e. The second kappa shape index (κ2) is 5.05. The molecule has 4 nitrogen and oxygen atoms in total. The number of aromatic nitrogens is 3. The summed E-state index contributed by atoms with van der Waals surface area (Å²) in [6, 6.07) is 8.53. The first-order valence-electron chi connectivity index (χ1n) is 5.34. The number of hydrogen-bond acceptors (Lipinski definition) is 4. The van der Waals surface area contributed by atoms with Gasteiger partial charge in [0.15, 0.2) is 0 Å². The van der Waals surface area contributed by atoms with Gasteiger partial charge in [-0.15, -0.1) is 0 Å². The van der Waals surface area contributed by atoms with Crippen LogP contribution in [-0.4, -0.2) is 22.1 Å². The normalized spacial score (nSPS) is 10.2. The van der Waals surface area contributed by atoms with Gasteiger partial charge in [0.05, 0.1) is 7.11 Å². The average molecular weight is 247 g/mol. The van der Waals surface area contributed by atoms with Crippen molar-refractivity contribution in [3.05, 3.63) is 34.6 Å². The summed E-state index contributed by atoms with van der Waals surface area (Å²) in [5.74, 6) is 0.671. The molecule has 88 valence electrons. The minimum absolute atomic E-state index is 0.273. The lowest BCUT2D eigenvalue weighted by molar-refractivity contribution is 0.378. The van der Waals surface area contributed by atoms with E-state index in [1.165, 1.54) is 12.7 Å². The first-order valence-corrected chi connectivity index (χ1v) is 5.75. The van der Waals surface area contributed by atoms with Crippen LogP contribution in [0.2, 0.25) is 0 Å². The van der Waals surface area contributed by atoms with Crippen LogP contribution in [0.5, 0.6) is 6.01 Å². The summed E-state index contributed by atoms with van der Waals surface area (Å²) in [4.78, 5) is 11.1. The predicted molar refractivity (Wildman–Crippen MR) is 68.6 cm³/mol. The van der Waals surface area contributed by atoms with Crippen LogP contribution in [0.1, 0.15) is 12.5 Å². The highest BCUT2D eigenvalue weighted by atomic mass is 32.1. The molecule has 0 aliphatic rings. The summed E-state index contributed by atoms with van der Waals surface area (Å²) in [7, 11) is 1.54. The van der Waals surface area contributed by atoms with Crippen molar-refractivity contribution < 1.29 is 4.74 Å². The summed E-state index contributed by atoms with van der Waals surface area (Å²) >= 11 is 4.98. The number of aryl methyl sites for hydroxylation is 1. The van der Waals surface area contributed by atoms with Crippen molar-refractivity contribution in [2.75, 3.05) is 7.11 Å². The molecule has 0 fully saturated rings. The fourth-order valence-electron chi connectivity index (χ4n) is 1.50. The van der Waals surface area contributed by atoms with Crippen molar-refractivity contribution in [2.45, 2.75) is 13.3 Å². The van der Waals surface area contributed by atoms with Gasteiger partial charge in [0, 0.05) is 5.56 Å². The molecule has 17 heavy (non-hydrogen) atoms. The number of nitrogens with one attached hydrogen (secondary N) is 1. The topological polar surface area (TPSA) is 50.8 Å². The van der Waals surface area contributed by atoms with Gasteiger partial charge in [0.25, 0.3) is 6.01 Å². The van der Waals surface area contributed by atoms with Crippen LogP contribution in [0.3, 0.4) is 0 Å². The second-order valence-electron chi connectivity index (χ2n) is 3.54. The number of nitrogens with zero attached hydrogens (tertiary/aromatic N) is 2. The molecule has 0 unspecified atom stereocenters. The van der Waals surface area contributed by atoms with Gasteiger partial charge < -0.3 is 4.74 Å². The maximum atomic E-state index is 5.03. The largest absolute Gasteiger partial charge is 0.468 e. The first kappa shape index (κ1) is 11.7. The van der Waals surface area contributed by atoms with Crippen molar-refractivity contribution in [1.82, 2.24) is 15.0 Å². The number of aromatic amines is 1. The van der Waals surface area contributed by atoms with E-state index in [-0.39, 0.29) is 4.77 Å². The third-order valence-corrected chi connectivity index (χ3v) is 2.64. The van der Waals surface area contributed by atoms with Gasteiger partial charge in [-0.25, -0.2) is 4.98 Å². The van der Waals surface area contributed by atoms with Gasteiger partial charge >= 0.3 is 0 Å². The van der Waals surface area contributed by atoms with Gasteiger partial charge in [0.1, 0.15) is 5.82 Å². The molecule has 5 heteroatoms. The molecule has 0 aliphatic heterocycles. The standard InChI is InChI=1S/C12H13N3OS/c1-3-8-4-6-9(7-5-8)10-13-11(16-2)15-12(17)14-10/h4-7H,3H2,1-2H3,(H,13,14,15,17). The summed E-state index contributed by atoms with van der Waals surface area (Å²) in [5, 5.41) is 0. The molecular weight excluding hydrogens is 234 g/mol. The monoisotopic (exact) mass is 247 g/mol. The molecule has 0 saturated heterocycles. The lowest BCUT2D eigenvalue weighted by Crippen LogP contribution is -1.97. The molecule has 2 aromatic rings. The summed E-state index contributed by atoms with van der Waals surface area (Å²) < 4.78 is 5.30. The summed E-state index contributed by atoms with van der Waals surface area (Å²) in [6.45, 7) is 2.12. The van der Waals surface area contributed by atoms with Crippen molar-refractivity contribution in [1.29, 1.82) is 0 Å². The molecule has 2 rings (SSSR count). The Morgan fingerprint density at radius 2 is 1.94 bits per heavy atom. The molecule has 1 N–H and O–H groups in total. The smallest absolute Gasteiger partial charge is 0.297 e. The number of benzene rings is 1. The highest BCUT2D eigenvalue weighted by molar-refractivity contribution is 7.71. The molecular formula is C12H13N3OS. The molecule has 0 aliphatic carbocycles. The molecule has 0 saturated carbocycles.